The van der Waals surface area contributed by atoms with Gasteiger partial charge >= 0.3 is 0 Å². The minimum Gasteiger partial charge on any atom is -0.396 e. The van der Waals surface area contributed by atoms with Crippen LogP contribution in [-0.4, -0.2) is 39.7 Å². The molecule has 0 bridgehead atoms. The zero-order valence-corrected chi connectivity index (χ0v) is 12.3. The molecule has 106 valence electrons. The van der Waals surface area contributed by atoms with Crippen LogP contribution in [0, 0.1) is 0 Å². The molecular weight excluding hydrogens is 270 g/mol. The van der Waals surface area contributed by atoms with Crippen LogP contribution in [0.3, 0.4) is 0 Å². The maximum absolute atomic E-state index is 9.09. The summed E-state index contributed by atoms with van der Waals surface area (Å²) >= 11 is 1.75. The highest BCUT2D eigenvalue weighted by Crippen LogP contribution is 2.16. The van der Waals surface area contributed by atoms with Gasteiger partial charge in [0.25, 0.3) is 0 Å². The lowest BCUT2D eigenvalue weighted by Crippen LogP contribution is -2.24. The smallest absolute Gasteiger partial charge is 0.161 e. The van der Waals surface area contributed by atoms with E-state index in [2.05, 4.69) is 21.5 Å². The summed E-state index contributed by atoms with van der Waals surface area (Å²) < 4.78 is 0. The third kappa shape index (κ3) is 4.21. The van der Waals surface area contributed by atoms with Gasteiger partial charge in [-0.05, 0) is 18.7 Å². The Labute approximate surface area is 123 Å². The maximum atomic E-state index is 9.09. The fourth-order valence-electron chi connectivity index (χ4n) is 1.93. The standard InChI is InChI=1S/C15H19N3OS/c1-20-11-13(8-10-19)17-14-7-9-16-15(18-14)12-5-3-2-4-6-12/h2-7,9,13,19H,8,10-11H2,1H3,(H,16,17,18)/t13-/m1/s1. The van der Waals surface area contributed by atoms with Gasteiger partial charge in [0.15, 0.2) is 5.82 Å². The second kappa shape index (κ2) is 7.87. The van der Waals surface area contributed by atoms with Gasteiger partial charge in [0, 0.05) is 30.2 Å². The molecule has 1 aromatic heterocycles. The van der Waals surface area contributed by atoms with Crippen LogP contribution in [0.15, 0.2) is 42.6 Å². The number of nitrogens with one attached hydrogen (secondary N) is 1. The first-order valence-electron chi connectivity index (χ1n) is 6.58. The lowest BCUT2D eigenvalue weighted by molar-refractivity contribution is 0.282. The predicted octanol–water partition coefficient (Wildman–Crippen LogP) is 2.67. The normalized spacial score (nSPS) is 12.1. The van der Waals surface area contributed by atoms with E-state index in [1.807, 2.05) is 36.4 Å². The number of hydrogen-bond acceptors (Lipinski definition) is 5. The minimum atomic E-state index is 0.175. The molecule has 20 heavy (non-hydrogen) atoms. The van der Waals surface area contributed by atoms with Crippen LogP contribution in [0.1, 0.15) is 6.42 Å². The first kappa shape index (κ1) is 14.8. The summed E-state index contributed by atoms with van der Waals surface area (Å²) in [5.41, 5.74) is 1.000. The zero-order valence-electron chi connectivity index (χ0n) is 11.5. The number of hydrogen-bond donors (Lipinski definition) is 2. The monoisotopic (exact) mass is 289 g/mol. The van der Waals surface area contributed by atoms with E-state index in [-0.39, 0.29) is 12.6 Å². The van der Waals surface area contributed by atoms with Crippen molar-refractivity contribution in [3.8, 4) is 11.4 Å². The molecule has 2 N–H and O–H groups in total. The van der Waals surface area contributed by atoms with Gasteiger partial charge in [-0.2, -0.15) is 11.8 Å². The Hall–Kier alpha value is -1.59. The van der Waals surface area contributed by atoms with Crippen molar-refractivity contribution in [3.63, 3.8) is 0 Å². The summed E-state index contributed by atoms with van der Waals surface area (Å²) in [6, 6.07) is 12.0. The van der Waals surface area contributed by atoms with Gasteiger partial charge in [0.2, 0.25) is 0 Å². The first-order chi connectivity index (χ1) is 9.83. The molecule has 1 aromatic carbocycles. The summed E-state index contributed by atoms with van der Waals surface area (Å²) in [5.74, 6) is 2.44. The van der Waals surface area contributed by atoms with Crippen LogP contribution in [0.5, 0.6) is 0 Å². The molecule has 0 aliphatic rings. The van der Waals surface area contributed by atoms with Gasteiger partial charge in [-0.25, -0.2) is 9.97 Å². The Morgan fingerprint density at radius 3 is 2.75 bits per heavy atom. The van der Waals surface area contributed by atoms with Crippen LogP contribution >= 0.6 is 11.8 Å². The predicted molar refractivity (Wildman–Crippen MR) is 85.0 cm³/mol. The van der Waals surface area contributed by atoms with Crippen LogP contribution in [0.4, 0.5) is 5.82 Å². The van der Waals surface area contributed by atoms with E-state index < -0.39 is 0 Å². The van der Waals surface area contributed by atoms with Gasteiger partial charge in [0.05, 0.1) is 0 Å². The highest BCUT2D eigenvalue weighted by atomic mass is 32.2. The van der Waals surface area contributed by atoms with Crippen molar-refractivity contribution in [1.82, 2.24) is 9.97 Å². The number of rotatable bonds is 7. The average Bonchev–Trinajstić information content (AvgIpc) is 2.49. The van der Waals surface area contributed by atoms with Gasteiger partial charge in [0.1, 0.15) is 5.82 Å². The lowest BCUT2D eigenvalue weighted by Gasteiger charge is -2.17. The molecule has 0 unspecified atom stereocenters. The molecule has 0 aliphatic carbocycles. The lowest BCUT2D eigenvalue weighted by atomic mass is 10.2. The molecule has 0 amide bonds. The number of anilines is 1. The number of aliphatic hydroxyl groups excluding tert-OH is 1. The van der Waals surface area contributed by atoms with Gasteiger partial charge < -0.3 is 10.4 Å². The molecule has 0 saturated carbocycles. The highest BCUT2D eigenvalue weighted by molar-refractivity contribution is 7.98. The molecule has 0 fully saturated rings. The van der Waals surface area contributed by atoms with E-state index in [4.69, 9.17) is 5.11 Å². The Morgan fingerprint density at radius 1 is 1.25 bits per heavy atom. The molecule has 4 nitrogen and oxygen atoms in total. The number of benzene rings is 1. The zero-order chi connectivity index (χ0) is 14.2. The Bertz CT molecular complexity index is 516. The number of nitrogens with zero attached hydrogens (tertiary/aromatic N) is 2. The quantitative estimate of drug-likeness (QED) is 0.820. The number of thioether (sulfide) groups is 1. The largest absolute Gasteiger partial charge is 0.396 e. The summed E-state index contributed by atoms with van der Waals surface area (Å²) in [4.78, 5) is 8.84. The fourth-order valence-corrected chi connectivity index (χ4v) is 2.58. The van der Waals surface area contributed by atoms with Crippen molar-refractivity contribution < 1.29 is 5.11 Å². The second-order valence-electron chi connectivity index (χ2n) is 4.44. The van der Waals surface area contributed by atoms with Crippen molar-refractivity contribution in [3.05, 3.63) is 42.6 Å². The van der Waals surface area contributed by atoms with Gasteiger partial charge in [-0.1, -0.05) is 30.3 Å². The van der Waals surface area contributed by atoms with Crippen LogP contribution in [0.2, 0.25) is 0 Å². The number of aliphatic hydroxyl groups is 1. The molecule has 1 heterocycles. The summed E-state index contributed by atoms with van der Waals surface area (Å²) in [6.07, 6.45) is 4.53. The summed E-state index contributed by atoms with van der Waals surface area (Å²) in [7, 11) is 0. The van der Waals surface area contributed by atoms with Gasteiger partial charge in [-0.3, -0.25) is 0 Å². The number of aromatic nitrogens is 2. The summed E-state index contributed by atoms with van der Waals surface area (Å²) in [6.45, 7) is 0.175. The molecule has 0 radical (unpaired) electrons. The van der Waals surface area contributed by atoms with E-state index in [0.29, 0.717) is 12.2 Å². The van der Waals surface area contributed by atoms with E-state index in [0.717, 1.165) is 17.1 Å². The van der Waals surface area contributed by atoms with E-state index in [1.54, 1.807) is 18.0 Å². The van der Waals surface area contributed by atoms with Crippen LogP contribution in [0.25, 0.3) is 11.4 Å². The third-order valence-corrected chi connectivity index (χ3v) is 3.62. The van der Waals surface area contributed by atoms with Crippen molar-refractivity contribution in [1.29, 1.82) is 0 Å². The van der Waals surface area contributed by atoms with Crippen LogP contribution < -0.4 is 5.32 Å². The van der Waals surface area contributed by atoms with Gasteiger partial charge in [-0.15, -0.1) is 0 Å². The average molecular weight is 289 g/mol. The Balaban J connectivity index is 2.13. The van der Waals surface area contributed by atoms with E-state index in [9.17, 15) is 0 Å². The Kier molecular flexibility index (Phi) is 5.83. The topological polar surface area (TPSA) is 58.0 Å². The molecule has 0 saturated heterocycles. The second-order valence-corrected chi connectivity index (χ2v) is 5.35. The molecule has 2 aromatic rings. The Morgan fingerprint density at radius 2 is 2.05 bits per heavy atom. The van der Waals surface area contributed by atoms with Crippen molar-refractivity contribution in [2.45, 2.75) is 12.5 Å². The molecule has 1 atom stereocenters. The van der Waals surface area contributed by atoms with Crippen LogP contribution in [-0.2, 0) is 0 Å². The van der Waals surface area contributed by atoms with Crippen molar-refractivity contribution in [2.24, 2.45) is 0 Å². The molecule has 2 rings (SSSR count). The highest BCUT2D eigenvalue weighted by Gasteiger charge is 2.09. The third-order valence-electron chi connectivity index (χ3n) is 2.88. The molecule has 0 spiro atoms. The maximum Gasteiger partial charge on any atom is 0.161 e. The van der Waals surface area contributed by atoms with E-state index >= 15 is 0 Å². The van der Waals surface area contributed by atoms with Crippen molar-refractivity contribution >= 4 is 17.6 Å². The molecular formula is C15H19N3OS. The minimum absolute atomic E-state index is 0.175. The van der Waals surface area contributed by atoms with Crippen molar-refractivity contribution in [2.75, 3.05) is 23.9 Å². The first-order valence-corrected chi connectivity index (χ1v) is 7.97. The SMILES string of the molecule is CSC[C@@H](CCO)Nc1ccnc(-c2ccccc2)n1. The molecule has 5 heteroatoms. The summed E-state index contributed by atoms with van der Waals surface area (Å²) in [5, 5.41) is 12.5. The molecule has 0 aliphatic heterocycles. The fraction of sp³-hybridized carbons (Fsp3) is 0.333. The van der Waals surface area contributed by atoms with E-state index in [1.165, 1.54) is 0 Å².